The van der Waals surface area contributed by atoms with Crippen molar-refractivity contribution in [3.05, 3.63) is 45.7 Å². The fraction of sp³-hybridized carbons (Fsp3) is 0.409. The topological polar surface area (TPSA) is 105 Å². The van der Waals surface area contributed by atoms with Crippen LogP contribution in [0.5, 0.6) is 0 Å². The molecule has 1 aliphatic heterocycles. The minimum atomic E-state index is -3.90. The van der Waals surface area contributed by atoms with Crippen LogP contribution >= 0.6 is 11.3 Å². The zero-order valence-corrected chi connectivity index (χ0v) is 20.4. The molecule has 32 heavy (non-hydrogen) atoms. The highest BCUT2D eigenvalue weighted by Gasteiger charge is 2.42. The lowest BCUT2D eigenvalue weighted by molar-refractivity contribution is -0.119. The number of benzene rings is 1. The average Bonchev–Trinajstić information content (AvgIpc) is 3.42. The molecule has 3 aromatic rings. The van der Waals surface area contributed by atoms with Crippen molar-refractivity contribution in [2.75, 3.05) is 11.9 Å². The van der Waals surface area contributed by atoms with Crippen LogP contribution in [0, 0.1) is 34.6 Å². The second-order valence-electron chi connectivity index (χ2n) is 8.23. The Morgan fingerprint density at radius 3 is 2.50 bits per heavy atom. The van der Waals surface area contributed by atoms with Crippen molar-refractivity contribution in [1.29, 1.82) is 0 Å². The molecule has 3 heterocycles. The van der Waals surface area contributed by atoms with Gasteiger partial charge in [0.15, 0.2) is 10.9 Å². The summed E-state index contributed by atoms with van der Waals surface area (Å²) in [5.74, 6) is -0.155. The number of nitrogens with one attached hydrogen (secondary N) is 1. The highest BCUT2D eigenvalue weighted by molar-refractivity contribution is 7.89. The van der Waals surface area contributed by atoms with Crippen molar-refractivity contribution in [3.8, 4) is 11.3 Å². The third-order valence-corrected chi connectivity index (χ3v) is 8.62. The third kappa shape index (κ3) is 3.98. The van der Waals surface area contributed by atoms with Gasteiger partial charge in [-0.05, 0) is 58.6 Å². The van der Waals surface area contributed by atoms with Crippen LogP contribution in [0.25, 0.3) is 11.3 Å². The van der Waals surface area contributed by atoms with Crippen molar-refractivity contribution >= 4 is 32.4 Å². The zero-order chi connectivity index (χ0) is 23.2. The van der Waals surface area contributed by atoms with E-state index in [-0.39, 0.29) is 23.1 Å². The van der Waals surface area contributed by atoms with Gasteiger partial charge in [0.25, 0.3) is 0 Å². The number of hydrogen-bond donors (Lipinski definition) is 1. The molecule has 8 nitrogen and oxygen atoms in total. The van der Waals surface area contributed by atoms with E-state index in [0.29, 0.717) is 23.7 Å². The zero-order valence-electron chi connectivity index (χ0n) is 18.7. The van der Waals surface area contributed by atoms with E-state index in [0.717, 1.165) is 22.4 Å². The molecule has 1 atom stereocenters. The summed E-state index contributed by atoms with van der Waals surface area (Å²) in [6.07, 6.45) is 1.05. The predicted octanol–water partition coefficient (Wildman–Crippen LogP) is 4.13. The third-order valence-electron chi connectivity index (χ3n) is 5.71. The van der Waals surface area contributed by atoms with E-state index in [1.54, 1.807) is 13.8 Å². The van der Waals surface area contributed by atoms with Gasteiger partial charge in [0.1, 0.15) is 16.6 Å². The van der Waals surface area contributed by atoms with Gasteiger partial charge in [-0.25, -0.2) is 13.4 Å². The number of anilines is 1. The van der Waals surface area contributed by atoms with Gasteiger partial charge in [-0.15, -0.1) is 11.3 Å². The molecule has 0 aliphatic carbocycles. The summed E-state index contributed by atoms with van der Waals surface area (Å²) < 4.78 is 32.7. The van der Waals surface area contributed by atoms with E-state index in [1.165, 1.54) is 21.2 Å². The molecule has 10 heteroatoms. The fourth-order valence-corrected chi connectivity index (χ4v) is 7.12. The van der Waals surface area contributed by atoms with Crippen molar-refractivity contribution in [2.24, 2.45) is 0 Å². The minimum absolute atomic E-state index is 0.0408. The van der Waals surface area contributed by atoms with Crippen LogP contribution < -0.4 is 5.32 Å². The summed E-state index contributed by atoms with van der Waals surface area (Å²) in [4.78, 5) is 17.7. The van der Waals surface area contributed by atoms with Crippen LogP contribution in [0.3, 0.4) is 0 Å². The number of thiazole rings is 1. The Morgan fingerprint density at radius 2 is 1.88 bits per heavy atom. The average molecular weight is 475 g/mol. The summed E-state index contributed by atoms with van der Waals surface area (Å²) >= 11 is 1.33. The molecular weight excluding hydrogens is 448 g/mol. The van der Waals surface area contributed by atoms with Gasteiger partial charge < -0.3 is 9.84 Å². The van der Waals surface area contributed by atoms with Crippen LogP contribution in [0.2, 0.25) is 0 Å². The van der Waals surface area contributed by atoms with Gasteiger partial charge in [-0.3, -0.25) is 4.79 Å². The van der Waals surface area contributed by atoms with Crippen molar-refractivity contribution in [1.82, 2.24) is 14.4 Å². The van der Waals surface area contributed by atoms with Crippen LogP contribution in [-0.4, -0.2) is 41.4 Å². The maximum absolute atomic E-state index is 13.2. The lowest BCUT2D eigenvalue weighted by Gasteiger charge is -2.22. The molecule has 1 amide bonds. The van der Waals surface area contributed by atoms with Gasteiger partial charge in [0.2, 0.25) is 15.9 Å². The van der Waals surface area contributed by atoms with E-state index < -0.39 is 16.1 Å². The van der Waals surface area contributed by atoms with E-state index in [9.17, 15) is 13.2 Å². The molecule has 0 unspecified atom stereocenters. The Kier molecular flexibility index (Phi) is 5.95. The number of carbonyl (C=O) groups is 1. The number of sulfonamides is 1. The first kappa shape index (κ1) is 22.6. The van der Waals surface area contributed by atoms with Gasteiger partial charge >= 0.3 is 0 Å². The predicted molar refractivity (Wildman–Crippen MR) is 123 cm³/mol. The second-order valence-corrected chi connectivity index (χ2v) is 10.9. The number of aromatic nitrogens is 2. The Balaban J connectivity index is 1.56. The summed E-state index contributed by atoms with van der Waals surface area (Å²) in [5.41, 5.74) is 5.58. The number of nitrogens with zero attached hydrogens (tertiary/aromatic N) is 3. The Bertz CT molecular complexity index is 1250. The Hall–Kier alpha value is -2.56. The summed E-state index contributed by atoms with van der Waals surface area (Å²) in [7, 11) is -3.90. The normalized spacial score (nSPS) is 17.1. The van der Waals surface area contributed by atoms with Crippen molar-refractivity contribution in [3.63, 3.8) is 0 Å². The molecule has 1 aromatic carbocycles. The van der Waals surface area contributed by atoms with Crippen LogP contribution in [0.15, 0.2) is 26.9 Å². The molecule has 1 fully saturated rings. The molecular formula is C22H26N4O4S2. The molecule has 2 aromatic heterocycles. The minimum Gasteiger partial charge on any atom is -0.360 e. The Morgan fingerprint density at radius 1 is 1.19 bits per heavy atom. The number of carbonyl (C=O) groups excluding carboxylic acids is 1. The maximum Gasteiger partial charge on any atom is 0.249 e. The lowest BCUT2D eigenvalue weighted by atomic mass is 9.98. The van der Waals surface area contributed by atoms with Crippen LogP contribution in [-0.2, 0) is 14.8 Å². The smallest absolute Gasteiger partial charge is 0.249 e. The molecule has 1 saturated heterocycles. The molecule has 0 bridgehead atoms. The number of aryl methyl sites for hydroxylation is 5. The number of rotatable bonds is 5. The largest absolute Gasteiger partial charge is 0.360 e. The molecule has 1 aliphatic rings. The van der Waals surface area contributed by atoms with Crippen molar-refractivity contribution in [2.45, 2.75) is 58.4 Å². The second kappa shape index (κ2) is 8.42. The van der Waals surface area contributed by atoms with Gasteiger partial charge in [0, 0.05) is 17.5 Å². The number of hydrogen-bond acceptors (Lipinski definition) is 7. The fourth-order valence-electron chi connectivity index (χ4n) is 4.47. The highest BCUT2D eigenvalue weighted by atomic mass is 32.2. The molecule has 0 spiro atoms. The molecule has 0 radical (unpaired) electrons. The van der Waals surface area contributed by atoms with E-state index >= 15 is 0 Å². The van der Waals surface area contributed by atoms with E-state index in [4.69, 9.17) is 4.52 Å². The first-order valence-corrected chi connectivity index (χ1v) is 12.7. The molecule has 170 valence electrons. The quantitative estimate of drug-likeness (QED) is 0.596. The summed E-state index contributed by atoms with van der Waals surface area (Å²) in [6, 6.07) is 3.41. The Labute approximate surface area is 191 Å². The van der Waals surface area contributed by atoms with Crippen LogP contribution in [0.1, 0.15) is 41.0 Å². The summed E-state index contributed by atoms with van der Waals surface area (Å²) in [6.45, 7) is 9.56. The maximum atomic E-state index is 13.2. The standard InChI is InChI=1S/C22H26N4O4S2/c1-12-9-13(2)19(14(3)10-12)17-11-31-22(23-17)24-21(27)18-7-6-8-26(18)32(28,29)20-15(4)25-30-16(20)5/h9-11,18H,6-8H2,1-5H3,(H,23,24,27)/t18-/m0/s1. The molecule has 4 rings (SSSR count). The SMILES string of the molecule is Cc1cc(C)c(-c2csc(NC(=O)[C@@H]3CCCN3S(=O)(=O)c3c(C)noc3C)n2)c(C)c1. The molecule has 1 N–H and O–H groups in total. The van der Waals surface area contributed by atoms with Gasteiger partial charge in [-0.2, -0.15) is 4.31 Å². The first-order valence-electron chi connectivity index (χ1n) is 10.4. The van der Waals surface area contributed by atoms with Gasteiger partial charge in [0.05, 0.1) is 5.69 Å². The van der Waals surface area contributed by atoms with E-state index in [2.05, 4.69) is 34.5 Å². The number of amides is 1. The van der Waals surface area contributed by atoms with Crippen LogP contribution in [0.4, 0.5) is 5.13 Å². The molecule has 0 saturated carbocycles. The van der Waals surface area contributed by atoms with E-state index in [1.807, 2.05) is 19.2 Å². The lowest BCUT2D eigenvalue weighted by Crippen LogP contribution is -2.43. The summed E-state index contributed by atoms with van der Waals surface area (Å²) in [5, 5.41) is 8.94. The highest BCUT2D eigenvalue weighted by Crippen LogP contribution is 2.33. The van der Waals surface area contributed by atoms with Gasteiger partial charge in [-0.1, -0.05) is 22.9 Å². The first-order chi connectivity index (χ1) is 15.1. The van der Waals surface area contributed by atoms with Crippen molar-refractivity contribution < 1.29 is 17.7 Å². The monoisotopic (exact) mass is 474 g/mol.